The van der Waals surface area contributed by atoms with E-state index in [2.05, 4.69) is 10.3 Å². The highest BCUT2D eigenvalue weighted by Crippen LogP contribution is 2.25. The largest absolute Gasteiger partial charge is 0.387 e. The highest BCUT2D eigenvalue weighted by Gasteiger charge is 2.11. The molecule has 1 unspecified atom stereocenters. The maximum absolute atomic E-state index is 10.1. The zero-order valence-corrected chi connectivity index (χ0v) is 11.7. The van der Waals surface area contributed by atoms with E-state index < -0.39 is 6.10 Å². The van der Waals surface area contributed by atoms with Gasteiger partial charge in [0.05, 0.1) is 11.8 Å². The SMILES string of the molecule is OC(CNCc1ccccn1)c1cc(Cl)ccc1Cl. The molecule has 0 amide bonds. The van der Waals surface area contributed by atoms with Crippen molar-refractivity contribution in [3.05, 3.63) is 63.9 Å². The average molecular weight is 297 g/mol. The molecule has 0 saturated heterocycles. The maximum atomic E-state index is 10.1. The first-order valence-electron chi connectivity index (χ1n) is 5.90. The summed E-state index contributed by atoms with van der Waals surface area (Å²) < 4.78 is 0. The summed E-state index contributed by atoms with van der Waals surface area (Å²) in [6.07, 6.45) is 1.04. The van der Waals surface area contributed by atoms with Gasteiger partial charge in [-0.1, -0.05) is 29.3 Å². The van der Waals surface area contributed by atoms with Gasteiger partial charge in [0.15, 0.2) is 0 Å². The molecule has 1 atom stereocenters. The fraction of sp³-hybridized carbons (Fsp3) is 0.214. The second kappa shape index (κ2) is 6.87. The number of aliphatic hydroxyl groups excluding tert-OH is 1. The van der Waals surface area contributed by atoms with E-state index in [9.17, 15) is 5.11 Å². The minimum absolute atomic E-state index is 0.386. The van der Waals surface area contributed by atoms with Gasteiger partial charge in [-0.15, -0.1) is 0 Å². The summed E-state index contributed by atoms with van der Waals surface area (Å²) >= 11 is 11.9. The second-order valence-electron chi connectivity index (χ2n) is 4.13. The molecular weight excluding hydrogens is 283 g/mol. The molecule has 3 nitrogen and oxygen atoms in total. The quantitative estimate of drug-likeness (QED) is 0.890. The van der Waals surface area contributed by atoms with Crippen LogP contribution < -0.4 is 5.32 Å². The lowest BCUT2D eigenvalue weighted by molar-refractivity contribution is 0.174. The van der Waals surface area contributed by atoms with E-state index in [0.717, 1.165) is 5.69 Å². The van der Waals surface area contributed by atoms with Crippen LogP contribution >= 0.6 is 23.2 Å². The van der Waals surface area contributed by atoms with Crippen LogP contribution in [0.15, 0.2) is 42.6 Å². The Bertz CT molecular complexity index is 534. The molecule has 2 aromatic rings. The Morgan fingerprint density at radius 1 is 1.21 bits per heavy atom. The van der Waals surface area contributed by atoms with E-state index in [1.165, 1.54) is 0 Å². The van der Waals surface area contributed by atoms with Gasteiger partial charge in [-0.3, -0.25) is 4.98 Å². The van der Waals surface area contributed by atoms with Crippen LogP contribution in [-0.4, -0.2) is 16.6 Å². The Balaban J connectivity index is 1.91. The van der Waals surface area contributed by atoms with E-state index in [-0.39, 0.29) is 0 Å². The number of hydrogen-bond donors (Lipinski definition) is 2. The average Bonchev–Trinajstić information content (AvgIpc) is 2.42. The van der Waals surface area contributed by atoms with Gasteiger partial charge in [-0.25, -0.2) is 0 Å². The molecule has 0 aliphatic carbocycles. The van der Waals surface area contributed by atoms with E-state index in [1.54, 1.807) is 24.4 Å². The van der Waals surface area contributed by atoms with Crippen LogP contribution in [0.25, 0.3) is 0 Å². The van der Waals surface area contributed by atoms with Crippen molar-refractivity contribution in [2.45, 2.75) is 12.6 Å². The van der Waals surface area contributed by atoms with Gasteiger partial charge in [0.25, 0.3) is 0 Å². The van der Waals surface area contributed by atoms with Crippen molar-refractivity contribution in [2.75, 3.05) is 6.54 Å². The summed E-state index contributed by atoms with van der Waals surface area (Å²) in [5, 5.41) is 14.3. The number of hydrogen-bond acceptors (Lipinski definition) is 3. The molecule has 1 heterocycles. The molecule has 2 rings (SSSR count). The summed E-state index contributed by atoms with van der Waals surface area (Å²) in [5.41, 5.74) is 1.55. The first kappa shape index (κ1) is 14.3. The van der Waals surface area contributed by atoms with Crippen LogP contribution in [0.1, 0.15) is 17.4 Å². The van der Waals surface area contributed by atoms with E-state index in [4.69, 9.17) is 23.2 Å². The summed E-state index contributed by atoms with van der Waals surface area (Å²) in [6.45, 7) is 0.979. The molecular formula is C14H14Cl2N2O. The number of aromatic nitrogens is 1. The molecule has 0 aliphatic rings. The minimum atomic E-state index is -0.699. The Morgan fingerprint density at radius 2 is 2.05 bits per heavy atom. The van der Waals surface area contributed by atoms with Gasteiger partial charge in [0.2, 0.25) is 0 Å². The monoisotopic (exact) mass is 296 g/mol. The first-order valence-corrected chi connectivity index (χ1v) is 6.66. The highest BCUT2D eigenvalue weighted by molar-refractivity contribution is 6.33. The van der Waals surface area contributed by atoms with Gasteiger partial charge < -0.3 is 10.4 Å². The summed E-state index contributed by atoms with van der Waals surface area (Å²) in [5.74, 6) is 0. The van der Waals surface area contributed by atoms with Crippen molar-refractivity contribution in [1.29, 1.82) is 0 Å². The van der Waals surface area contributed by atoms with Crippen molar-refractivity contribution in [3.8, 4) is 0 Å². The molecule has 100 valence electrons. The van der Waals surface area contributed by atoms with Crippen molar-refractivity contribution < 1.29 is 5.11 Å². The number of halogens is 2. The molecule has 0 fully saturated rings. The first-order chi connectivity index (χ1) is 9.16. The van der Waals surface area contributed by atoms with Crippen LogP contribution in [0, 0.1) is 0 Å². The lowest BCUT2D eigenvalue weighted by Gasteiger charge is -2.14. The molecule has 0 saturated carbocycles. The number of nitrogens with zero attached hydrogens (tertiary/aromatic N) is 1. The second-order valence-corrected chi connectivity index (χ2v) is 4.98. The Labute approximate surface area is 122 Å². The van der Waals surface area contributed by atoms with E-state index >= 15 is 0 Å². The smallest absolute Gasteiger partial charge is 0.0929 e. The Hall–Kier alpha value is -1.13. The number of rotatable bonds is 5. The highest BCUT2D eigenvalue weighted by atomic mass is 35.5. The third kappa shape index (κ3) is 4.18. The van der Waals surface area contributed by atoms with E-state index in [0.29, 0.717) is 28.7 Å². The number of pyridine rings is 1. The molecule has 0 radical (unpaired) electrons. The van der Waals surface area contributed by atoms with Crippen LogP contribution in [0.4, 0.5) is 0 Å². The fourth-order valence-corrected chi connectivity index (χ4v) is 2.14. The number of benzene rings is 1. The van der Waals surface area contributed by atoms with Crippen LogP contribution in [0.2, 0.25) is 10.0 Å². The molecule has 0 spiro atoms. The van der Waals surface area contributed by atoms with Gasteiger partial charge in [-0.05, 0) is 30.3 Å². The predicted octanol–water partition coefficient (Wildman–Crippen LogP) is 3.21. The van der Waals surface area contributed by atoms with E-state index in [1.807, 2.05) is 18.2 Å². The molecule has 1 aromatic carbocycles. The molecule has 0 aliphatic heterocycles. The van der Waals surface area contributed by atoms with Crippen molar-refractivity contribution in [1.82, 2.24) is 10.3 Å². The lowest BCUT2D eigenvalue weighted by Crippen LogP contribution is -2.21. The fourth-order valence-electron chi connectivity index (χ4n) is 1.72. The molecule has 1 aromatic heterocycles. The van der Waals surface area contributed by atoms with Gasteiger partial charge >= 0.3 is 0 Å². The van der Waals surface area contributed by atoms with Crippen molar-refractivity contribution in [3.63, 3.8) is 0 Å². The van der Waals surface area contributed by atoms with Gasteiger partial charge in [-0.2, -0.15) is 0 Å². The summed E-state index contributed by atoms with van der Waals surface area (Å²) in [7, 11) is 0. The minimum Gasteiger partial charge on any atom is -0.387 e. The molecule has 5 heteroatoms. The van der Waals surface area contributed by atoms with Gasteiger partial charge in [0.1, 0.15) is 0 Å². The summed E-state index contributed by atoms with van der Waals surface area (Å²) in [6, 6.07) is 10.8. The third-order valence-electron chi connectivity index (χ3n) is 2.69. The standard InChI is InChI=1S/C14H14Cl2N2O/c15-10-4-5-13(16)12(7-10)14(19)9-17-8-11-3-1-2-6-18-11/h1-7,14,17,19H,8-9H2. The Morgan fingerprint density at radius 3 is 2.79 bits per heavy atom. The topological polar surface area (TPSA) is 45.1 Å². The third-order valence-corrected chi connectivity index (χ3v) is 3.27. The normalized spacial score (nSPS) is 12.4. The molecule has 0 bridgehead atoms. The maximum Gasteiger partial charge on any atom is 0.0929 e. The zero-order chi connectivity index (χ0) is 13.7. The van der Waals surface area contributed by atoms with Crippen molar-refractivity contribution in [2.24, 2.45) is 0 Å². The summed E-state index contributed by atoms with van der Waals surface area (Å²) in [4.78, 5) is 4.19. The van der Waals surface area contributed by atoms with Crippen LogP contribution in [-0.2, 0) is 6.54 Å². The zero-order valence-electron chi connectivity index (χ0n) is 10.2. The predicted molar refractivity (Wildman–Crippen MR) is 77.4 cm³/mol. The molecule has 2 N–H and O–H groups in total. The van der Waals surface area contributed by atoms with Gasteiger partial charge in [0, 0.05) is 34.9 Å². The van der Waals surface area contributed by atoms with Crippen molar-refractivity contribution >= 4 is 23.2 Å². The van der Waals surface area contributed by atoms with Crippen LogP contribution in [0.3, 0.4) is 0 Å². The number of nitrogens with one attached hydrogen (secondary N) is 1. The molecule has 19 heavy (non-hydrogen) atoms. The number of aliphatic hydroxyl groups is 1. The van der Waals surface area contributed by atoms with Crippen LogP contribution in [0.5, 0.6) is 0 Å². The lowest BCUT2D eigenvalue weighted by atomic mass is 10.1. The Kier molecular flexibility index (Phi) is 5.16.